The van der Waals surface area contributed by atoms with Crippen molar-refractivity contribution in [3.05, 3.63) is 34.9 Å². The topological polar surface area (TPSA) is 20.2 Å². The van der Waals surface area contributed by atoms with Crippen LogP contribution in [0.4, 0.5) is 0 Å². The molecule has 0 aliphatic heterocycles. The third-order valence-electron chi connectivity index (χ3n) is 4.92. The molecular weight excluding hydrogens is 208 g/mol. The van der Waals surface area contributed by atoms with Crippen molar-refractivity contribution in [3.8, 4) is 0 Å². The Morgan fingerprint density at radius 3 is 2.47 bits per heavy atom. The minimum atomic E-state index is -0.366. The Labute approximate surface area is 104 Å². The van der Waals surface area contributed by atoms with Crippen LogP contribution in [0, 0.1) is 25.7 Å². The summed E-state index contributed by atoms with van der Waals surface area (Å²) >= 11 is 0. The first-order chi connectivity index (χ1) is 8.11. The van der Waals surface area contributed by atoms with Crippen molar-refractivity contribution >= 4 is 0 Å². The minimum absolute atomic E-state index is 0.366. The van der Waals surface area contributed by atoms with E-state index < -0.39 is 0 Å². The lowest BCUT2D eigenvalue weighted by molar-refractivity contribution is 0.118. The van der Waals surface area contributed by atoms with Gasteiger partial charge in [0, 0.05) is 6.42 Å². The highest BCUT2D eigenvalue weighted by molar-refractivity contribution is 5.34. The predicted octanol–water partition coefficient (Wildman–Crippen LogP) is 3.40. The van der Waals surface area contributed by atoms with Gasteiger partial charge >= 0.3 is 0 Å². The number of hydrogen-bond acceptors (Lipinski definition) is 1. The molecule has 0 spiro atoms. The molecule has 0 bridgehead atoms. The predicted molar refractivity (Wildman–Crippen MR) is 70.0 cm³/mol. The van der Waals surface area contributed by atoms with Crippen LogP contribution in [0.3, 0.4) is 0 Å². The molecule has 17 heavy (non-hydrogen) atoms. The molecule has 2 aliphatic rings. The summed E-state index contributed by atoms with van der Waals surface area (Å²) in [5.41, 5.74) is 3.61. The van der Waals surface area contributed by atoms with E-state index in [4.69, 9.17) is 0 Å². The van der Waals surface area contributed by atoms with Crippen LogP contribution in [0.5, 0.6) is 0 Å². The molecule has 0 aromatic heterocycles. The minimum Gasteiger partial charge on any atom is -0.389 e. The van der Waals surface area contributed by atoms with E-state index in [1.54, 1.807) is 0 Å². The first kappa shape index (κ1) is 11.3. The average Bonchev–Trinajstić information content (AvgIpc) is 2.91. The van der Waals surface area contributed by atoms with Gasteiger partial charge in [-0.25, -0.2) is 0 Å². The molecular formula is C16H22O. The lowest BCUT2D eigenvalue weighted by atomic mass is 9.97. The second kappa shape index (κ2) is 3.84. The zero-order chi connectivity index (χ0) is 12.0. The van der Waals surface area contributed by atoms with Crippen molar-refractivity contribution in [3.63, 3.8) is 0 Å². The standard InChI is InChI=1S/C16H22O/c1-11-7-8-12(2)13(9-11)10-16(17)14-5-3-4-6-15(14)16/h7-9,14-15,17H,3-6,10H2,1-2H3. The van der Waals surface area contributed by atoms with Crippen molar-refractivity contribution in [1.82, 2.24) is 0 Å². The van der Waals surface area contributed by atoms with Gasteiger partial charge < -0.3 is 5.11 Å². The number of benzene rings is 1. The van der Waals surface area contributed by atoms with E-state index in [0.29, 0.717) is 11.8 Å². The maximum Gasteiger partial charge on any atom is 0.0751 e. The van der Waals surface area contributed by atoms with Crippen molar-refractivity contribution in [2.75, 3.05) is 0 Å². The van der Waals surface area contributed by atoms with Crippen molar-refractivity contribution in [2.45, 2.75) is 51.6 Å². The molecule has 0 radical (unpaired) electrons. The second-order valence-electron chi connectivity index (χ2n) is 6.10. The monoisotopic (exact) mass is 230 g/mol. The summed E-state index contributed by atoms with van der Waals surface area (Å²) in [6, 6.07) is 6.58. The average molecular weight is 230 g/mol. The van der Waals surface area contributed by atoms with E-state index >= 15 is 0 Å². The third kappa shape index (κ3) is 1.81. The molecule has 1 heteroatoms. The van der Waals surface area contributed by atoms with E-state index in [-0.39, 0.29) is 5.60 Å². The molecule has 3 rings (SSSR count). The van der Waals surface area contributed by atoms with Gasteiger partial charge in [0.15, 0.2) is 0 Å². The molecule has 2 fully saturated rings. The van der Waals surface area contributed by atoms with Crippen molar-refractivity contribution in [2.24, 2.45) is 11.8 Å². The van der Waals surface area contributed by atoms with Gasteiger partial charge in [0.2, 0.25) is 0 Å². The number of aliphatic hydroxyl groups is 1. The lowest BCUT2D eigenvalue weighted by Gasteiger charge is -2.13. The molecule has 2 saturated carbocycles. The van der Waals surface area contributed by atoms with Gasteiger partial charge in [-0.15, -0.1) is 0 Å². The normalized spacial score (nSPS) is 35.5. The summed E-state index contributed by atoms with van der Waals surface area (Å²) in [5.74, 6) is 1.19. The Bertz CT molecular complexity index is 423. The van der Waals surface area contributed by atoms with Crippen LogP contribution >= 0.6 is 0 Å². The zero-order valence-corrected chi connectivity index (χ0v) is 10.9. The Morgan fingerprint density at radius 1 is 1.18 bits per heavy atom. The maximum atomic E-state index is 10.8. The van der Waals surface area contributed by atoms with Crippen molar-refractivity contribution < 1.29 is 5.11 Å². The summed E-state index contributed by atoms with van der Waals surface area (Å²) in [7, 11) is 0. The van der Waals surface area contributed by atoms with E-state index in [9.17, 15) is 5.11 Å². The molecule has 1 aromatic carbocycles. The number of fused-ring (bicyclic) bond motifs is 1. The highest BCUT2D eigenvalue weighted by atomic mass is 16.3. The molecule has 0 amide bonds. The summed E-state index contributed by atoms with van der Waals surface area (Å²) < 4.78 is 0. The molecule has 0 saturated heterocycles. The summed E-state index contributed by atoms with van der Waals surface area (Å²) in [5, 5.41) is 10.8. The highest BCUT2D eigenvalue weighted by Crippen LogP contribution is 2.60. The third-order valence-corrected chi connectivity index (χ3v) is 4.92. The van der Waals surface area contributed by atoms with Gasteiger partial charge in [0.05, 0.1) is 5.60 Å². The number of hydrogen-bond donors (Lipinski definition) is 1. The maximum absolute atomic E-state index is 10.8. The van der Waals surface area contributed by atoms with Crippen LogP contribution in [0.2, 0.25) is 0 Å². The molecule has 2 aliphatic carbocycles. The smallest absolute Gasteiger partial charge is 0.0751 e. The largest absolute Gasteiger partial charge is 0.389 e. The van der Waals surface area contributed by atoms with Crippen LogP contribution in [0.25, 0.3) is 0 Å². The fourth-order valence-corrected chi connectivity index (χ4v) is 3.78. The fraction of sp³-hybridized carbons (Fsp3) is 0.625. The first-order valence-electron chi connectivity index (χ1n) is 6.90. The Kier molecular flexibility index (Phi) is 2.55. The Balaban J connectivity index is 1.81. The summed E-state index contributed by atoms with van der Waals surface area (Å²) in [4.78, 5) is 0. The van der Waals surface area contributed by atoms with Crippen molar-refractivity contribution in [1.29, 1.82) is 0 Å². The molecule has 0 heterocycles. The van der Waals surface area contributed by atoms with Gasteiger partial charge in [-0.1, -0.05) is 36.6 Å². The molecule has 92 valence electrons. The van der Waals surface area contributed by atoms with Gasteiger partial charge in [-0.3, -0.25) is 0 Å². The van der Waals surface area contributed by atoms with Gasteiger partial charge in [0.25, 0.3) is 0 Å². The summed E-state index contributed by atoms with van der Waals surface area (Å²) in [6.45, 7) is 4.29. The van der Waals surface area contributed by atoms with E-state index in [0.717, 1.165) is 6.42 Å². The second-order valence-corrected chi connectivity index (χ2v) is 6.10. The molecule has 2 unspecified atom stereocenters. The van der Waals surface area contributed by atoms with Crippen LogP contribution in [0.15, 0.2) is 18.2 Å². The number of aryl methyl sites for hydroxylation is 2. The van der Waals surface area contributed by atoms with Gasteiger partial charge in [0.1, 0.15) is 0 Å². The molecule has 2 atom stereocenters. The quantitative estimate of drug-likeness (QED) is 0.825. The van der Waals surface area contributed by atoms with E-state index in [1.165, 1.54) is 42.4 Å². The van der Waals surface area contributed by atoms with Crippen LogP contribution in [-0.4, -0.2) is 10.7 Å². The van der Waals surface area contributed by atoms with Gasteiger partial charge in [-0.05, 0) is 49.7 Å². The van der Waals surface area contributed by atoms with E-state index in [1.807, 2.05) is 0 Å². The Hall–Kier alpha value is -0.820. The first-order valence-corrected chi connectivity index (χ1v) is 6.90. The Morgan fingerprint density at radius 2 is 1.82 bits per heavy atom. The number of rotatable bonds is 2. The highest BCUT2D eigenvalue weighted by Gasteiger charge is 2.63. The summed E-state index contributed by atoms with van der Waals surface area (Å²) in [6.07, 6.45) is 5.99. The van der Waals surface area contributed by atoms with Crippen LogP contribution in [-0.2, 0) is 6.42 Å². The SMILES string of the molecule is Cc1ccc(C)c(CC2(O)C3CCCCC32)c1. The van der Waals surface area contributed by atoms with Gasteiger partial charge in [-0.2, -0.15) is 0 Å². The lowest BCUT2D eigenvalue weighted by Crippen LogP contribution is -2.17. The fourth-order valence-electron chi connectivity index (χ4n) is 3.78. The van der Waals surface area contributed by atoms with Crippen LogP contribution < -0.4 is 0 Å². The molecule has 1 nitrogen and oxygen atoms in total. The zero-order valence-electron chi connectivity index (χ0n) is 10.9. The van der Waals surface area contributed by atoms with Crippen LogP contribution in [0.1, 0.15) is 42.4 Å². The van der Waals surface area contributed by atoms with E-state index in [2.05, 4.69) is 32.0 Å². The molecule has 1 aromatic rings. The molecule has 1 N–H and O–H groups in total.